The van der Waals surface area contributed by atoms with E-state index in [9.17, 15) is 13.2 Å². The molecule has 0 unspecified atom stereocenters. The Morgan fingerprint density at radius 2 is 1.62 bits per heavy atom. The Bertz CT molecular complexity index is 796. The maximum absolute atomic E-state index is 13.0. The van der Waals surface area contributed by atoms with Crippen molar-refractivity contribution in [2.45, 2.75) is 50.8 Å². The first-order valence-electron chi connectivity index (χ1n) is 10.9. The number of amides is 1. The molecule has 0 spiro atoms. The van der Waals surface area contributed by atoms with Gasteiger partial charge in [0.2, 0.25) is 15.9 Å². The van der Waals surface area contributed by atoms with Crippen molar-refractivity contribution in [3.63, 3.8) is 0 Å². The second kappa shape index (κ2) is 9.91. The van der Waals surface area contributed by atoms with Crippen molar-refractivity contribution in [3.8, 4) is 0 Å². The fourth-order valence-corrected chi connectivity index (χ4v) is 5.72. The van der Waals surface area contributed by atoms with Gasteiger partial charge in [-0.2, -0.15) is 4.31 Å². The lowest BCUT2D eigenvalue weighted by molar-refractivity contribution is -0.117. The van der Waals surface area contributed by atoms with E-state index in [-0.39, 0.29) is 10.8 Å². The van der Waals surface area contributed by atoms with E-state index in [1.807, 2.05) is 19.9 Å². The molecule has 0 atom stereocenters. The minimum absolute atomic E-state index is 0.0810. The lowest BCUT2D eigenvalue weighted by Crippen LogP contribution is -2.34. The lowest BCUT2D eigenvalue weighted by atomic mass is 10.1. The zero-order valence-electron chi connectivity index (χ0n) is 17.7. The summed E-state index contributed by atoms with van der Waals surface area (Å²) in [4.78, 5) is 17.3. The van der Waals surface area contributed by atoms with Crippen LogP contribution in [0.5, 0.6) is 0 Å². The molecule has 2 saturated heterocycles. The van der Waals surface area contributed by atoms with Gasteiger partial charge in [-0.05, 0) is 63.4 Å². The third kappa shape index (κ3) is 5.29. The summed E-state index contributed by atoms with van der Waals surface area (Å²) in [6.45, 7) is 8.61. The van der Waals surface area contributed by atoms with Gasteiger partial charge in [-0.3, -0.25) is 9.69 Å². The molecule has 3 rings (SSSR count). The number of anilines is 2. The Hall–Kier alpha value is -1.64. The Balaban J connectivity index is 1.89. The maximum atomic E-state index is 13.0. The van der Waals surface area contributed by atoms with Crippen LogP contribution in [0.2, 0.25) is 0 Å². The Morgan fingerprint density at radius 1 is 1.00 bits per heavy atom. The van der Waals surface area contributed by atoms with Crippen LogP contribution in [0, 0.1) is 0 Å². The number of benzene rings is 1. The number of carbonyl (C=O) groups excluding carboxylic acids is 1. The number of piperidine rings is 1. The summed E-state index contributed by atoms with van der Waals surface area (Å²) in [6.07, 6.45) is 5.69. The van der Waals surface area contributed by atoms with Gasteiger partial charge in [0.25, 0.3) is 0 Å². The van der Waals surface area contributed by atoms with E-state index in [0.29, 0.717) is 25.3 Å². The molecule has 0 aromatic heterocycles. The molecular weight excluding hydrogens is 388 g/mol. The fraction of sp³-hybridized carbons (Fsp3) is 0.667. The Morgan fingerprint density at radius 3 is 2.24 bits per heavy atom. The minimum atomic E-state index is -3.58. The zero-order valence-corrected chi connectivity index (χ0v) is 18.5. The summed E-state index contributed by atoms with van der Waals surface area (Å²) in [5.74, 6) is -0.0810. The van der Waals surface area contributed by atoms with Crippen molar-refractivity contribution in [2.75, 3.05) is 56.0 Å². The molecule has 8 heteroatoms. The summed E-state index contributed by atoms with van der Waals surface area (Å²) in [6, 6.07) is 5.17. The molecule has 1 N–H and O–H groups in total. The van der Waals surface area contributed by atoms with Gasteiger partial charge >= 0.3 is 0 Å². The second-order valence-corrected chi connectivity index (χ2v) is 9.79. The largest absolute Gasteiger partial charge is 0.370 e. The predicted molar refractivity (Wildman–Crippen MR) is 117 cm³/mol. The highest BCUT2D eigenvalue weighted by Gasteiger charge is 2.25. The summed E-state index contributed by atoms with van der Waals surface area (Å²) in [7, 11) is -3.58. The van der Waals surface area contributed by atoms with Gasteiger partial charge in [0.05, 0.1) is 22.8 Å². The Labute approximate surface area is 175 Å². The average Bonchev–Trinajstić information content (AvgIpc) is 3.22. The van der Waals surface area contributed by atoms with E-state index < -0.39 is 10.0 Å². The SMILES string of the molecule is CCN(CC)S(=O)(=O)c1ccc(N2CCCCC2)c(NC(=O)CN2CCCC2)c1. The monoisotopic (exact) mass is 422 g/mol. The average molecular weight is 423 g/mol. The molecule has 2 heterocycles. The smallest absolute Gasteiger partial charge is 0.243 e. The number of hydrogen-bond acceptors (Lipinski definition) is 5. The summed E-state index contributed by atoms with van der Waals surface area (Å²) in [5, 5.41) is 3.02. The van der Waals surface area contributed by atoms with E-state index in [0.717, 1.165) is 57.5 Å². The molecule has 0 aliphatic carbocycles. The summed E-state index contributed by atoms with van der Waals surface area (Å²) in [5.41, 5.74) is 1.52. The molecule has 2 aliphatic heterocycles. The molecule has 0 bridgehead atoms. The number of carbonyl (C=O) groups is 1. The lowest BCUT2D eigenvalue weighted by Gasteiger charge is -2.31. The van der Waals surface area contributed by atoms with Crippen molar-refractivity contribution in [3.05, 3.63) is 18.2 Å². The Kier molecular flexibility index (Phi) is 7.54. The fourth-order valence-electron chi connectivity index (χ4n) is 4.23. The molecule has 1 amide bonds. The molecule has 1 aromatic carbocycles. The zero-order chi connectivity index (χ0) is 20.9. The van der Waals surface area contributed by atoms with Crippen LogP contribution >= 0.6 is 0 Å². The third-order valence-electron chi connectivity index (χ3n) is 5.85. The van der Waals surface area contributed by atoms with Crippen LogP contribution in [0.15, 0.2) is 23.1 Å². The highest BCUT2D eigenvalue weighted by molar-refractivity contribution is 7.89. The van der Waals surface area contributed by atoms with Crippen LogP contribution in [-0.2, 0) is 14.8 Å². The molecular formula is C21H34N4O3S. The third-order valence-corrected chi connectivity index (χ3v) is 7.89. The summed E-state index contributed by atoms with van der Waals surface area (Å²) < 4.78 is 27.4. The number of hydrogen-bond donors (Lipinski definition) is 1. The van der Waals surface area contributed by atoms with Crippen molar-refractivity contribution in [1.82, 2.24) is 9.21 Å². The van der Waals surface area contributed by atoms with Crippen molar-refractivity contribution in [1.29, 1.82) is 0 Å². The first-order chi connectivity index (χ1) is 14.0. The molecule has 7 nitrogen and oxygen atoms in total. The molecule has 2 fully saturated rings. The van der Waals surface area contributed by atoms with Gasteiger partial charge < -0.3 is 10.2 Å². The maximum Gasteiger partial charge on any atom is 0.243 e. The quantitative estimate of drug-likeness (QED) is 0.697. The molecule has 0 radical (unpaired) electrons. The number of sulfonamides is 1. The van der Waals surface area contributed by atoms with Gasteiger partial charge in [0.15, 0.2) is 0 Å². The topological polar surface area (TPSA) is 73.0 Å². The van der Waals surface area contributed by atoms with E-state index in [1.165, 1.54) is 10.7 Å². The van der Waals surface area contributed by atoms with Crippen LogP contribution in [0.1, 0.15) is 46.0 Å². The standard InChI is InChI=1S/C21H34N4O3S/c1-3-25(4-2)29(27,28)18-10-11-20(24-14-6-5-7-15-24)19(16-18)22-21(26)17-23-12-8-9-13-23/h10-11,16H,3-9,12-15,17H2,1-2H3,(H,22,26). The van der Waals surface area contributed by atoms with Gasteiger partial charge in [0.1, 0.15) is 0 Å². The molecule has 29 heavy (non-hydrogen) atoms. The number of likely N-dealkylation sites (tertiary alicyclic amines) is 1. The minimum Gasteiger partial charge on any atom is -0.370 e. The van der Waals surface area contributed by atoms with E-state index in [1.54, 1.807) is 12.1 Å². The van der Waals surface area contributed by atoms with Crippen LogP contribution < -0.4 is 10.2 Å². The molecule has 162 valence electrons. The van der Waals surface area contributed by atoms with Crippen molar-refractivity contribution in [2.24, 2.45) is 0 Å². The second-order valence-electron chi connectivity index (χ2n) is 7.85. The van der Waals surface area contributed by atoms with E-state index in [2.05, 4.69) is 15.1 Å². The van der Waals surface area contributed by atoms with Crippen LogP contribution in [0.25, 0.3) is 0 Å². The van der Waals surface area contributed by atoms with Gasteiger partial charge in [-0.1, -0.05) is 13.8 Å². The van der Waals surface area contributed by atoms with Gasteiger partial charge in [-0.15, -0.1) is 0 Å². The number of rotatable bonds is 8. The normalized spacial score (nSPS) is 18.4. The number of nitrogens with zero attached hydrogens (tertiary/aromatic N) is 3. The highest BCUT2D eigenvalue weighted by Crippen LogP contribution is 2.32. The van der Waals surface area contributed by atoms with Crippen LogP contribution in [-0.4, -0.2) is 69.3 Å². The van der Waals surface area contributed by atoms with Crippen molar-refractivity contribution >= 4 is 27.3 Å². The first kappa shape index (κ1) is 22.1. The van der Waals surface area contributed by atoms with Gasteiger partial charge in [-0.25, -0.2) is 8.42 Å². The van der Waals surface area contributed by atoms with Crippen LogP contribution in [0.4, 0.5) is 11.4 Å². The first-order valence-corrected chi connectivity index (χ1v) is 12.3. The predicted octanol–water partition coefficient (Wildman–Crippen LogP) is 2.74. The van der Waals surface area contributed by atoms with Crippen molar-refractivity contribution < 1.29 is 13.2 Å². The number of nitrogens with one attached hydrogen (secondary N) is 1. The summed E-state index contributed by atoms with van der Waals surface area (Å²) >= 11 is 0. The van der Waals surface area contributed by atoms with Gasteiger partial charge in [0, 0.05) is 26.2 Å². The van der Waals surface area contributed by atoms with Crippen LogP contribution in [0.3, 0.4) is 0 Å². The molecule has 1 aromatic rings. The molecule has 2 aliphatic rings. The molecule has 0 saturated carbocycles. The highest BCUT2D eigenvalue weighted by atomic mass is 32.2. The van der Waals surface area contributed by atoms with E-state index >= 15 is 0 Å². The van der Waals surface area contributed by atoms with E-state index in [4.69, 9.17) is 0 Å².